The van der Waals surface area contributed by atoms with Crippen LogP contribution in [0.2, 0.25) is 0 Å². The first-order valence-electron chi connectivity index (χ1n) is 16.7. The van der Waals surface area contributed by atoms with Crippen LogP contribution in [0.3, 0.4) is 0 Å². The van der Waals surface area contributed by atoms with Gasteiger partial charge in [0.05, 0.1) is 11.6 Å². The second-order valence-corrected chi connectivity index (χ2v) is 12.5. The number of aromatic nitrogens is 2. The Kier molecular flexibility index (Phi) is 13.2. The lowest BCUT2D eigenvalue weighted by Gasteiger charge is -2.41. The number of aliphatic carboxylic acids is 1. The lowest BCUT2D eigenvalue weighted by molar-refractivity contribution is -0.145. The summed E-state index contributed by atoms with van der Waals surface area (Å²) in [5.74, 6) is -2.72. The minimum Gasteiger partial charge on any atom is -0.480 e. The van der Waals surface area contributed by atoms with Gasteiger partial charge in [-0.05, 0) is 75.0 Å². The predicted octanol–water partition coefficient (Wildman–Crippen LogP) is 2.31. The molecule has 1 aromatic heterocycles. The maximum Gasteiger partial charge on any atom is 0.451 e. The summed E-state index contributed by atoms with van der Waals surface area (Å²) in [6.45, 7) is 1.89. The molecule has 0 saturated carbocycles. The molecule has 2 fully saturated rings. The average Bonchev–Trinajstić information content (AvgIpc) is 3.05. The summed E-state index contributed by atoms with van der Waals surface area (Å²) in [4.78, 5) is 51.7. The molecule has 17 heteroatoms. The monoisotopic (exact) mass is 700 g/mol. The molecule has 0 bridgehead atoms. The van der Waals surface area contributed by atoms with E-state index in [0.29, 0.717) is 76.7 Å². The topological polar surface area (TPSA) is 216 Å². The molecule has 3 heterocycles. The molecule has 1 aromatic carbocycles. The van der Waals surface area contributed by atoms with Crippen LogP contribution in [0.25, 0.3) is 0 Å². The number of hydrogen-bond acceptors (Lipinski definition) is 9. The van der Waals surface area contributed by atoms with Crippen molar-refractivity contribution in [2.45, 2.75) is 76.0 Å². The number of carbonyl (C=O) groups is 3. The van der Waals surface area contributed by atoms with E-state index in [1.54, 1.807) is 21.9 Å². The third-order valence-electron chi connectivity index (χ3n) is 8.90. The summed E-state index contributed by atoms with van der Waals surface area (Å²) >= 11 is 0. The molecular formula is C33H43F3N10O4. The summed E-state index contributed by atoms with van der Waals surface area (Å²) in [6, 6.07) is 8.88. The first kappa shape index (κ1) is 37.7. The fourth-order valence-corrected chi connectivity index (χ4v) is 6.02. The number of carboxylic acid groups (broad SMARTS) is 1. The van der Waals surface area contributed by atoms with Gasteiger partial charge in [-0.1, -0.05) is 12.1 Å². The highest BCUT2D eigenvalue weighted by Gasteiger charge is 2.40. The smallest absolute Gasteiger partial charge is 0.451 e. The first-order valence-corrected chi connectivity index (χ1v) is 16.7. The molecule has 0 spiro atoms. The molecule has 50 heavy (non-hydrogen) atoms. The highest BCUT2D eigenvalue weighted by Crippen LogP contribution is 2.34. The summed E-state index contributed by atoms with van der Waals surface area (Å²) in [7, 11) is 0. The van der Waals surface area contributed by atoms with Crippen molar-refractivity contribution in [1.82, 2.24) is 20.6 Å². The highest BCUT2D eigenvalue weighted by atomic mass is 19.4. The fourth-order valence-electron chi connectivity index (χ4n) is 6.02. The molecule has 4 rings (SSSR count). The molecule has 0 aliphatic carbocycles. The molecule has 2 saturated heterocycles. The van der Waals surface area contributed by atoms with Crippen molar-refractivity contribution in [1.29, 1.82) is 5.26 Å². The zero-order valence-corrected chi connectivity index (χ0v) is 27.7. The number of alkyl halides is 3. The van der Waals surface area contributed by atoms with Gasteiger partial charge in [-0.2, -0.15) is 18.4 Å². The summed E-state index contributed by atoms with van der Waals surface area (Å²) < 4.78 is 41.7. The van der Waals surface area contributed by atoms with Crippen LogP contribution < -0.4 is 31.9 Å². The zero-order valence-electron chi connectivity index (χ0n) is 27.7. The van der Waals surface area contributed by atoms with E-state index in [0.717, 1.165) is 5.56 Å². The Hall–Kier alpha value is -5.14. The maximum absolute atomic E-state index is 13.9. The molecule has 2 amide bonds. The standard InChI is InChI=1S/C33H43F3N10O4/c34-33(35,36)31-43-26(19-27(44-31)46-18-13-25(46)29(48)40-15-10-22-6-8-23(20-37)9-7-22)45-16-11-21(12-17-45)3-1-5-28(47)42-24(30(49)50)4-2-14-41-32(38)39/h6-9,19,21,24-25H,1-5,10-18H2,(H,40,48)(H,42,47)(H,49,50)(H4,38,39,41). The van der Waals surface area contributed by atoms with Crippen LogP contribution in [0.15, 0.2) is 35.3 Å². The number of anilines is 2. The van der Waals surface area contributed by atoms with E-state index in [2.05, 4.69) is 31.7 Å². The number of hydrogen-bond donors (Lipinski definition) is 5. The number of nitrogens with one attached hydrogen (secondary N) is 2. The van der Waals surface area contributed by atoms with E-state index >= 15 is 0 Å². The zero-order chi connectivity index (χ0) is 36.3. The molecule has 2 aromatic rings. The van der Waals surface area contributed by atoms with E-state index in [9.17, 15) is 32.7 Å². The van der Waals surface area contributed by atoms with E-state index < -0.39 is 30.1 Å². The van der Waals surface area contributed by atoms with E-state index in [1.165, 1.54) is 6.07 Å². The number of halogens is 3. The summed E-state index contributed by atoms with van der Waals surface area (Å²) in [6.07, 6.45) is -0.425. The van der Waals surface area contributed by atoms with Gasteiger partial charge in [0.25, 0.3) is 0 Å². The normalized spacial score (nSPS) is 16.9. The van der Waals surface area contributed by atoms with E-state index in [4.69, 9.17) is 16.7 Å². The number of guanidine groups is 1. The Balaban J connectivity index is 1.27. The van der Waals surface area contributed by atoms with Crippen molar-refractivity contribution in [3.63, 3.8) is 0 Å². The summed E-state index contributed by atoms with van der Waals surface area (Å²) in [5, 5.41) is 23.8. The van der Waals surface area contributed by atoms with E-state index in [-0.39, 0.29) is 54.7 Å². The van der Waals surface area contributed by atoms with Crippen LogP contribution in [0.5, 0.6) is 0 Å². The predicted molar refractivity (Wildman–Crippen MR) is 179 cm³/mol. The van der Waals surface area contributed by atoms with Gasteiger partial charge in [-0.15, -0.1) is 0 Å². The quantitative estimate of drug-likeness (QED) is 0.0973. The number of carboxylic acids is 1. The van der Waals surface area contributed by atoms with Crippen molar-refractivity contribution in [3.8, 4) is 6.07 Å². The van der Waals surface area contributed by atoms with Gasteiger partial charge < -0.3 is 37.0 Å². The number of benzene rings is 1. The number of piperidine rings is 1. The first-order chi connectivity index (χ1) is 23.8. The lowest BCUT2D eigenvalue weighted by atomic mass is 9.91. The number of aliphatic imine (C=N–C) groups is 1. The Morgan fingerprint density at radius 2 is 1.76 bits per heavy atom. The molecule has 0 radical (unpaired) electrons. The maximum atomic E-state index is 13.9. The van der Waals surface area contributed by atoms with Gasteiger partial charge in [0.1, 0.15) is 23.7 Å². The number of nitriles is 1. The van der Waals surface area contributed by atoms with Crippen LogP contribution >= 0.6 is 0 Å². The van der Waals surface area contributed by atoms with Crippen LogP contribution in [-0.4, -0.2) is 83.6 Å². The number of nitrogens with zero attached hydrogens (tertiary/aromatic N) is 6. The summed E-state index contributed by atoms with van der Waals surface area (Å²) in [5.41, 5.74) is 12.0. The minimum atomic E-state index is -4.78. The van der Waals surface area contributed by atoms with Gasteiger partial charge in [0.15, 0.2) is 5.96 Å². The van der Waals surface area contributed by atoms with Gasteiger partial charge in [-0.25, -0.2) is 14.8 Å². The largest absolute Gasteiger partial charge is 0.480 e. The van der Waals surface area contributed by atoms with Crippen LogP contribution in [0, 0.1) is 17.2 Å². The molecule has 14 nitrogen and oxygen atoms in total. The van der Waals surface area contributed by atoms with Crippen molar-refractivity contribution in [2.24, 2.45) is 22.4 Å². The Bertz CT molecular complexity index is 1550. The molecule has 2 unspecified atom stereocenters. The number of carbonyl (C=O) groups excluding carboxylic acids is 2. The third kappa shape index (κ3) is 10.9. The molecule has 2 aliphatic rings. The second-order valence-electron chi connectivity index (χ2n) is 12.5. The third-order valence-corrected chi connectivity index (χ3v) is 8.90. The minimum absolute atomic E-state index is 0.0462. The lowest BCUT2D eigenvalue weighted by Crippen LogP contribution is -2.57. The van der Waals surface area contributed by atoms with Gasteiger partial charge in [0.2, 0.25) is 17.6 Å². The SMILES string of the molecule is N#Cc1ccc(CCNC(=O)C2CCN2c2cc(N3CCC(CCCC(=O)NC(CCCN=C(N)N)C(=O)O)CC3)nc(C(F)(F)F)n2)cc1. The second kappa shape index (κ2) is 17.5. The molecular weight excluding hydrogens is 657 g/mol. The molecule has 2 atom stereocenters. The molecule has 7 N–H and O–H groups in total. The van der Waals surface area contributed by atoms with Crippen LogP contribution in [0.4, 0.5) is 24.8 Å². The molecule has 2 aliphatic heterocycles. The van der Waals surface area contributed by atoms with Crippen molar-refractivity contribution < 1.29 is 32.7 Å². The number of amides is 2. The highest BCUT2D eigenvalue weighted by molar-refractivity contribution is 5.87. The van der Waals surface area contributed by atoms with Crippen molar-refractivity contribution >= 4 is 35.4 Å². The Morgan fingerprint density at radius 1 is 1.06 bits per heavy atom. The fraction of sp³-hybridized carbons (Fsp3) is 0.545. The number of nitrogens with two attached hydrogens (primary N) is 2. The van der Waals surface area contributed by atoms with Gasteiger partial charge in [0, 0.05) is 45.2 Å². The average molecular weight is 701 g/mol. The number of rotatable bonds is 16. The van der Waals surface area contributed by atoms with E-state index in [1.807, 2.05) is 12.1 Å². The van der Waals surface area contributed by atoms with Gasteiger partial charge in [-0.3, -0.25) is 14.6 Å². The van der Waals surface area contributed by atoms with Gasteiger partial charge >= 0.3 is 12.1 Å². The Morgan fingerprint density at radius 3 is 2.36 bits per heavy atom. The van der Waals surface area contributed by atoms with Crippen LogP contribution in [-0.2, 0) is 27.0 Å². The van der Waals surface area contributed by atoms with Crippen molar-refractivity contribution in [2.75, 3.05) is 42.5 Å². The molecule has 270 valence electrons. The van der Waals surface area contributed by atoms with Crippen molar-refractivity contribution in [3.05, 3.63) is 47.3 Å². The van der Waals surface area contributed by atoms with Crippen LogP contribution in [0.1, 0.15) is 68.3 Å². The Labute approximate surface area is 288 Å².